The summed E-state index contributed by atoms with van der Waals surface area (Å²) in [5.41, 5.74) is 0.0170. The topological polar surface area (TPSA) is 69.6 Å². The molecule has 0 saturated heterocycles. The van der Waals surface area contributed by atoms with Crippen LogP contribution in [0, 0.1) is 0 Å². The first-order chi connectivity index (χ1) is 9.12. The Balaban J connectivity index is 3.32. The Bertz CT molecular complexity index is 553. The van der Waals surface area contributed by atoms with Crippen LogP contribution in [0.3, 0.4) is 0 Å². The van der Waals surface area contributed by atoms with Gasteiger partial charge < -0.3 is 10.0 Å². The minimum atomic E-state index is -3.58. The van der Waals surface area contributed by atoms with Crippen molar-refractivity contribution in [1.29, 1.82) is 0 Å². The number of sulfonamides is 1. The Hall–Kier alpha value is -1.11. The molecular formula is C14H24N2O3S. The molecule has 0 radical (unpaired) electrons. The molecule has 1 rings (SSSR count). The maximum Gasteiger partial charge on any atom is 0.242 e. The Morgan fingerprint density at radius 3 is 2.35 bits per heavy atom. The lowest BCUT2D eigenvalue weighted by Gasteiger charge is -2.36. The van der Waals surface area contributed by atoms with E-state index in [0.29, 0.717) is 5.69 Å². The zero-order valence-corrected chi connectivity index (χ0v) is 13.5. The molecule has 0 heterocycles. The summed E-state index contributed by atoms with van der Waals surface area (Å²) >= 11 is 0. The van der Waals surface area contributed by atoms with Crippen LogP contribution in [-0.2, 0) is 10.0 Å². The summed E-state index contributed by atoms with van der Waals surface area (Å²) in [6.45, 7) is 7.19. The largest absolute Gasteiger partial charge is 0.394 e. The van der Waals surface area contributed by atoms with Crippen LogP contribution in [0.1, 0.15) is 27.7 Å². The van der Waals surface area contributed by atoms with Gasteiger partial charge in [-0.3, -0.25) is 0 Å². The van der Waals surface area contributed by atoms with Crippen molar-refractivity contribution < 1.29 is 13.5 Å². The lowest BCUT2D eigenvalue weighted by atomic mass is 10.0. The maximum absolute atomic E-state index is 12.4. The molecule has 0 aliphatic rings. The summed E-state index contributed by atoms with van der Waals surface area (Å²) in [5.74, 6) is 0. The molecule has 1 aromatic rings. The Kier molecular flexibility index (Phi) is 5.18. The van der Waals surface area contributed by atoms with Crippen LogP contribution in [0.5, 0.6) is 0 Å². The van der Waals surface area contributed by atoms with Gasteiger partial charge in [-0.1, -0.05) is 12.1 Å². The van der Waals surface area contributed by atoms with Crippen molar-refractivity contribution in [3.05, 3.63) is 24.3 Å². The summed E-state index contributed by atoms with van der Waals surface area (Å²) in [4.78, 5) is 2.00. The number of nitrogens with one attached hydrogen (secondary N) is 1. The third-order valence-electron chi connectivity index (χ3n) is 3.20. The van der Waals surface area contributed by atoms with Gasteiger partial charge in [-0.25, -0.2) is 13.1 Å². The molecule has 0 bridgehead atoms. The maximum atomic E-state index is 12.4. The number of aliphatic hydroxyl groups excluding tert-OH is 1. The van der Waals surface area contributed by atoms with Crippen LogP contribution >= 0.6 is 0 Å². The van der Waals surface area contributed by atoms with Crippen LogP contribution in [-0.4, -0.2) is 38.8 Å². The number of rotatable bonds is 6. The normalized spacial score (nSPS) is 12.8. The standard InChI is InChI=1S/C14H24N2O3S/c1-11(2)15-20(18,19)13-9-7-6-8-12(13)16(5)14(3,4)10-17/h6-9,11,15,17H,10H2,1-5H3. The van der Waals surface area contributed by atoms with Gasteiger partial charge in [-0.15, -0.1) is 0 Å². The van der Waals surface area contributed by atoms with Crippen molar-refractivity contribution in [1.82, 2.24) is 4.72 Å². The summed E-state index contributed by atoms with van der Waals surface area (Å²) in [6.07, 6.45) is 0. The molecule has 0 saturated carbocycles. The van der Waals surface area contributed by atoms with Crippen molar-refractivity contribution in [3.8, 4) is 0 Å². The van der Waals surface area contributed by atoms with E-state index in [1.165, 1.54) is 0 Å². The van der Waals surface area contributed by atoms with Crippen molar-refractivity contribution in [2.45, 2.75) is 44.2 Å². The molecule has 1 aromatic carbocycles. The zero-order chi connectivity index (χ0) is 15.6. The summed E-state index contributed by atoms with van der Waals surface area (Å²) in [7, 11) is -1.80. The number of aliphatic hydroxyl groups is 1. The van der Waals surface area contributed by atoms with Crippen molar-refractivity contribution in [3.63, 3.8) is 0 Å². The first-order valence-electron chi connectivity index (χ1n) is 6.58. The van der Waals surface area contributed by atoms with Crippen LogP contribution in [0.4, 0.5) is 5.69 Å². The molecule has 2 N–H and O–H groups in total. The second kappa shape index (κ2) is 6.11. The van der Waals surface area contributed by atoms with Gasteiger partial charge in [-0.05, 0) is 39.8 Å². The Morgan fingerprint density at radius 1 is 1.30 bits per heavy atom. The van der Waals surface area contributed by atoms with E-state index in [1.54, 1.807) is 50.1 Å². The van der Waals surface area contributed by atoms with E-state index in [-0.39, 0.29) is 17.5 Å². The lowest BCUT2D eigenvalue weighted by molar-refractivity contribution is 0.216. The van der Waals surface area contributed by atoms with Crippen LogP contribution in [0.2, 0.25) is 0 Å². The number of anilines is 1. The third-order valence-corrected chi connectivity index (χ3v) is 4.91. The van der Waals surface area contributed by atoms with Crippen LogP contribution in [0.15, 0.2) is 29.2 Å². The fourth-order valence-corrected chi connectivity index (χ4v) is 3.25. The number of para-hydroxylation sites is 1. The second-order valence-electron chi connectivity index (χ2n) is 5.77. The first-order valence-corrected chi connectivity index (χ1v) is 8.06. The molecule has 0 unspecified atom stereocenters. The van der Waals surface area contributed by atoms with E-state index >= 15 is 0 Å². The third kappa shape index (κ3) is 3.71. The van der Waals surface area contributed by atoms with Gasteiger partial charge in [0.25, 0.3) is 0 Å². The molecule has 114 valence electrons. The average molecular weight is 300 g/mol. The van der Waals surface area contributed by atoms with Gasteiger partial charge in [0, 0.05) is 13.1 Å². The SMILES string of the molecule is CC(C)NS(=O)(=O)c1ccccc1N(C)C(C)(C)CO. The number of benzene rings is 1. The molecule has 0 amide bonds. The highest BCUT2D eigenvalue weighted by Gasteiger charge is 2.28. The molecule has 0 spiro atoms. The molecule has 6 heteroatoms. The van der Waals surface area contributed by atoms with Gasteiger partial charge in [0.05, 0.1) is 17.8 Å². The fourth-order valence-electron chi connectivity index (χ4n) is 1.77. The van der Waals surface area contributed by atoms with E-state index < -0.39 is 15.6 Å². The smallest absolute Gasteiger partial charge is 0.242 e. The van der Waals surface area contributed by atoms with Gasteiger partial charge in [0.1, 0.15) is 4.90 Å². The average Bonchev–Trinajstić information content (AvgIpc) is 2.36. The van der Waals surface area contributed by atoms with Gasteiger partial charge in [-0.2, -0.15) is 0 Å². The molecule has 0 aliphatic carbocycles. The van der Waals surface area contributed by atoms with E-state index in [2.05, 4.69) is 4.72 Å². The molecule has 0 fully saturated rings. The number of hydrogen-bond donors (Lipinski definition) is 2. The molecule has 0 atom stereocenters. The molecular weight excluding hydrogens is 276 g/mol. The summed E-state index contributed by atoms with van der Waals surface area (Å²) in [5, 5.41) is 9.46. The highest BCUT2D eigenvalue weighted by Crippen LogP contribution is 2.29. The predicted octanol–water partition coefficient (Wildman–Crippen LogP) is 1.58. The van der Waals surface area contributed by atoms with Crippen molar-refractivity contribution in [2.24, 2.45) is 0 Å². The molecule has 0 aromatic heterocycles. The van der Waals surface area contributed by atoms with Crippen LogP contribution in [0.25, 0.3) is 0 Å². The van der Waals surface area contributed by atoms with E-state index in [1.807, 2.05) is 13.8 Å². The number of likely N-dealkylation sites (N-methyl/N-ethyl adjacent to an activating group) is 1. The Morgan fingerprint density at radius 2 is 1.85 bits per heavy atom. The van der Waals surface area contributed by atoms with Crippen LogP contribution < -0.4 is 9.62 Å². The molecule has 20 heavy (non-hydrogen) atoms. The zero-order valence-electron chi connectivity index (χ0n) is 12.7. The summed E-state index contributed by atoms with van der Waals surface area (Å²) < 4.78 is 27.3. The molecule has 5 nitrogen and oxygen atoms in total. The van der Waals surface area contributed by atoms with Gasteiger partial charge in [0.15, 0.2) is 0 Å². The predicted molar refractivity (Wildman–Crippen MR) is 81.5 cm³/mol. The Labute approximate surface area is 121 Å². The number of nitrogens with zero attached hydrogens (tertiary/aromatic N) is 1. The first kappa shape index (κ1) is 16.9. The van der Waals surface area contributed by atoms with E-state index in [4.69, 9.17) is 0 Å². The molecule has 0 aliphatic heterocycles. The van der Waals surface area contributed by atoms with Crippen molar-refractivity contribution in [2.75, 3.05) is 18.6 Å². The lowest BCUT2D eigenvalue weighted by Crippen LogP contribution is -2.45. The van der Waals surface area contributed by atoms with Crippen molar-refractivity contribution >= 4 is 15.7 Å². The number of hydrogen-bond acceptors (Lipinski definition) is 4. The minimum Gasteiger partial charge on any atom is -0.394 e. The van der Waals surface area contributed by atoms with Gasteiger partial charge >= 0.3 is 0 Å². The monoisotopic (exact) mass is 300 g/mol. The second-order valence-corrected chi connectivity index (χ2v) is 7.46. The minimum absolute atomic E-state index is 0.0739. The quantitative estimate of drug-likeness (QED) is 0.837. The fraction of sp³-hybridized carbons (Fsp3) is 0.571. The highest BCUT2D eigenvalue weighted by molar-refractivity contribution is 7.89. The van der Waals surface area contributed by atoms with E-state index in [9.17, 15) is 13.5 Å². The highest BCUT2D eigenvalue weighted by atomic mass is 32.2. The summed E-state index contributed by atoms with van der Waals surface area (Å²) in [6, 6.07) is 6.62. The van der Waals surface area contributed by atoms with E-state index in [0.717, 1.165) is 0 Å². The van der Waals surface area contributed by atoms with Gasteiger partial charge in [0.2, 0.25) is 10.0 Å².